The molecule has 0 bridgehead atoms. The maximum absolute atomic E-state index is 11.4. The van der Waals surface area contributed by atoms with Gasteiger partial charge in [0.2, 0.25) is 0 Å². The molecule has 5 heteroatoms. The summed E-state index contributed by atoms with van der Waals surface area (Å²) in [6.45, 7) is 2.60. The van der Waals surface area contributed by atoms with Gasteiger partial charge >= 0.3 is 5.97 Å². The summed E-state index contributed by atoms with van der Waals surface area (Å²) in [7, 11) is 0. The molecule has 1 aliphatic carbocycles. The van der Waals surface area contributed by atoms with Crippen molar-refractivity contribution in [2.75, 3.05) is 6.61 Å². The van der Waals surface area contributed by atoms with Crippen LogP contribution in [0, 0.1) is 5.92 Å². The molecule has 2 aromatic rings. The highest BCUT2D eigenvalue weighted by molar-refractivity contribution is 5.88. The maximum atomic E-state index is 11.4. The first-order chi connectivity index (χ1) is 9.70. The lowest BCUT2D eigenvalue weighted by Gasteiger charge is -2.25. The zero-order valence-corrected chi connectivity index (χ0v) is 11.5. The van der Waals surface area contributed by atoms with E-state index >= 15 is 0 Å². The Morgan fingerprint density at radius 1 is 1.55 bits per heavy atom. The SMILES string of the molecule is CCc1nc2c(OCC3CCC3)cccn2c1C(=O)O. The number of carboxylic acids is 1. The van der Waals surface area contributed by atoms with Crippen LogP contribution in [0.25, 0.3) is 5.65 Å². The molecule has 2 heterocycles. The van der Waals surface area contributed by atoms with Crippen LogP contribution in [0.1, 0.15) is 42.4 Å². The quantitative estimate of drug-likeness (QED) is 0.910. The topological polar surface area (TPSA) is 63.8 Å². The standard InChI is InChI=1S/C15H18N2O3/c1-2-11-13(15(18)19)17-8-4-7-12(14(17)16-11)20-9-10-5-3-6-10/h4,7-8,10H,2-3,5-6,9H2,1H3,(H,18,19). The van der Waals surface area contributed by atoms with E-state index in [0.29, 0.717) is 36.0 Å². The number of carboxylic acid groups (broad SMARTS) is 1. The maximum Gasteiger partial charge on any atom is 0.354 e. The molecule has 106 valence electrons. The van der Waals surface area contributed by atoms with Gasteiger partial charge < -0.3 is 9.84 Å². The van der Waals surface area contributed by atoms with Crippen LogP contribution >= 0.6 is 0 Å². The second kappa shape index (κ2) is 5.15. The van der Waals surface area contributed by atoms with Crippen molar-refractivity contribution >= 4 is 11.6 Å². The Morgan fingerprint density at radius 2 is 2.35 bits per heavy atom. The Kier molecular flexibility index (Phi) is 3.34. The van der Waals surface area contributed by atoms with Gasteiger partial charge in [-0.2, -0.15) is 0 Å². The van der Waals surface area contributed by atoms with Crippen molar-refractivity contribution in [1.29, 1.82) is 0 Å². The van der Waals surface area contributed by atoms with Crippen molar-refractivity contribution in [1.82, 2.24) is 9.38 Å². The molecule has 0 atom stereocenters. The van der Waals surface area contributed by atoms with Gasteiger partial charge in [0.05, 0.1) is 12.3 Å². The molecule has 1 N–H and O–H groups in total. The second-order valence-electron chi connectivity index (χ2n) is 5.24. The monoisotopic (exact) mass is 274 g/mol. The summed E-state index contributed by atoms with van der Waals surface area (Å²) in [5, 5.41) is 9.34. The average molecular weight is 274 g/mol. The van der Waals surface area contributed by atoms with Crippen molar-refractivity contribution in [3.8, 4) is 5.75 Å². The largest absolute Gasteiger partial charge is 0.489 e. The molecule has 1 aliphatic rings. The fraction of sp³-hybridized carbons (Fsp3) is 0.467. The van der Waals surface area contributed by atoms with Gasteiger partial charge in [0.15, 0.2) is 17.1 Å². The Balaban J connectivity index is 1.98. The minimum atomic E-state index is -0.953. The third-order valence-corrected chi connectivity index (χ3v) is 3.92. The minimum absolute atomic E-state index is 0.233. The third-order valence-electron chi connectivity index (χ3n) is 3.92. The van der Waals surface area contributed by atoms with Gasteiger partial charge in [-0.1, -0.05) is 13.3 Å². The Bertz CT molecular complexity index is 644. The van der Waals surface area contributed by atoms with E-state index in [1.807, 2.05) is 13.0 Å². The smallest absolute Gasteiger partial charge is 0.354 e. The lowest BCUT2D eigenvalue weighted by Crippen LogP contribution is -2.19. The predicted octanol–water partition coefficient (Wildman–Crippen LogP) is 2.77. The fourth-order valence-corrected chi connectivity index (χ4v) is 2.54. The van der Waals surface area contributed by atoms with Crippen molar-refractivity contribution in [2.24, 2.45) is 5.92 Å². The molecule has 2 aromatic heterocycles. The lowest BCUT2D eigenvalue weighted by atomic mass is 9.86. The molecule has 5 nitrogen and oxygen atoms in total. The number of hydrogen-bond donors (Lipinski definition) is 1. The highest BCUT2D eigenvalue weighted by Crippen LogP contribution is 2.29. The zero-order chi connectivity index (χ0) is 14.1. The van der Waals surface area contributed by atoms with Crippen LogP contribution < -0.4 is 4.74 Å². The predicted molar refractivity (Wildman–Crippen MR) is 74.4 cm³/mol. The number of aryl methyl sites for hydroxylation is 1. The van der Waals surface area contributed by atoms with Gasteiger partial charge in [-0.05, 0) is 37.3 Å². The van der Waals surface area contributed by atoms with Crippen LogP contribution in [0.5, 0.6) is 5.75 Å². The zero-order valence-electron chi connectivity index (χ0n) is 11.5. The van der Waals surface area contributed by atoms with E-state index in [9.17, 15) is 9.90 Å². The average Bonchev–Trinajstić information content (AvgIpc) is 2.76. The first kappa shape index (κ1) is 13.0. The van der Waals surface area contributed by atoms with Gasteiger partial charge in [0, 0.05) is 6.20 Å². The lowest BCUT2D eigenvalue weighted by molar-refractivity contribution is 0.0688. The van der Waals surface area contributed by atoms with Crippen molar-refractivity contribution in [3.05, 3.63) is 29.7 Å². The molecule has 0 aliphatic heterocycles. The van der Waals surface area contributed by atoms with E-state index in [4.69, 9.17) is 4.74 Å². The van der Waals surface area contributed by atoms with Gasteiger partial charge in [0.1, 0.15) is 0 Å². The molecule has 0 unspecified atom stereocenters. The minimum Gasteiger partial charge on any atom is -0.489 e. The number of aromatic nitrogens is 2. The third kappa shape index (κ3) is 2.13. The Morgan fingerprint density at radius 3 is 2.95 bits per heavy atom. The van der Waals surface area contributed by atoms with Crippen molar-refractivity contribution < 1.29 is 14.6 Å². The molecule has 3 rings (SSSR count). The number of imidazole rings is 1. The first-order valence-corrected chi connectivity index (χ1v) is 7.06. The molecular weight excluding hydrogens is 256 g/mol. The van der Waals surface area contributed by atoms with Crippen LogP contribution in [0.4, 0.5) is 0 Å². The summed E-state index contributed by atoms with van der Waals surface area (Å²) in [5.74, 6) is 0.349. The highest BCUT2D eigenvalue weighted by atomic mass is 16.5. The van der Waals surface area contributed by atoms with Gasteiger partial charge in [-0.3, -0.25) is 4.40 Å². The fourth-order valence-electron chi connectivity index (χ4n) is 2.54. The van der Waals surface area contributed by atoms with Gasteiger partial charge in [0.25, 0.3) is 0 Å². The second-order valence-corrected chi connectivity index (χ2v) is 5.24. The van der Waals surface area contributed by atoms with Crippen LogP contribution in [0.15, 0.2) is 18.3 Å². The summed E-state index contributed by atoms with van der Waals surface area (Å²) in [4.78, 5) is 15.8. The Hall–Kier alpha value is -2.04. The molecule has 0 radical (unpaired) electrons. The van der Waals surface area contributed by atoms with Crippen molar-refractivity contribution in [2.45, 2.75) is 32.6 Å². The normalized spacial score (nSPS) is 15.2. The number of carbonyl (C=O) groups is 1. The molecule has 1 fully saturated rings. The number of rotatable bonds is 5. The van der Waals surface area contributed by atoms with E-state index in [1.165, 1.54) is 19.3 Å². The van der Waals surface area contributed by atoms with Crippen LogP contribution in [0.2, 0.25) is 0 Å². The van der Waals surface area contributed by atoms with Crippen LogP contribution in [-0.2, 0) is 6.42 Å². The first-order valence-electron chi connectivity index (χ1n) is 7.06. The summed E-state index contributed by atoms with van der Waals surface area (Å²) in [5.41, 5.74) is 1.43. The molecule has 0 amide bonds. The number of aromatic carboxylic acids is 1. The molecular formula is C15H18N2O3. The van der Waals surface area contributed by atoms with Gasteiger partial charge in [-0.25, -0.2) is 9.78 Å². The molecule has 1 saturated carbocycles. The van der Waals surface area contributed by atoms with Crippen LogP contribution in [0.3, 0.4) is 0 Å². The van der Waals surface area contributed by atoms with Gasteiger partial charge in [-0.15, -0.1) is 0 Å². The number of nitrogens with zero attached hydrogens (tertiary/aromatic N) is 2. The summed E-state index contributed by atoms with van der Waals surface area (Å²) in [6.07, 6.45) is 6.04. The summed E-state index contributed by atoms with van der Waals surface area (Å²) < 4.78 is 7.45. The Labute approximate surface area is 117 Å². The van der Waals surface area contributed by atoms with E-state index in [2.05, 4.69) is 4.98 Å². The summed E-state index contributed by atoms with van der Waals surface area (Å²) in [6, 6.07) is 3.66. The van der Waals surface area contributed by atoms with E-state index in [1.54, 1.807) is 16.7 Å². The van der Waals surface area contributed by atoms with E-state index < -0.39 is 5.97 Å². The highest BCUT2D eigenvalue weighted by Gasteiger charge is 2.21. The van der Waals surface area contributed by atoms with Crippen LogP contribution in [-0.4, -0.2) is 27.1 Å². The number of fused-ring (bicyclic) bond motifs is 1. The van der Waals surface area contributed by atoms with E-state index in [0.717, 1.165) is 0 Å². The molecule has 0 spiro atoms. The number of pyridine rings is 1. The molecule has 0 aromatic carbocycles. The number of hydrogen-bond acceptors (Lipinski definition) is 3. The van der Waals surface area contributed by atoms with Crippen molar-refractivity contribution in [3.63, 3.8) is 0 Å². The van der Waals surface area contributed by atoms with E-state index in [-0.39, 0.29) is 5.69 Å². The molecule has 20 heavy (non-hydrogen) atoms. The molecule has 0 saturated heterocycles. The summed E-state index contributed by atoms with van der Waals surface area (Å²) >= 11 is 0. The number of ether oxygens (including phenoxy) is 1.